The van der Waals surface area contributed by atoms with Crippen LogP contribution in [0.5, 0.6) is 11.5 Å². The SMILES string of the molecule is COc1cccc(C2CC(=O)Nc3n[nH]c(C)c32)c1OCCCn1ccnc1. The third-order valence-corrected chi connectivity index (χ3v) is 4.96. The van der Waals surface area contributed by atoms with E-state index in [0.29, 0.717) is 30.3 Å². The molecule has 0 saturated carbocycles. The zero-order chi connectivity index (χ0) is 19.5. The fourth-order valence-corrected chi connectivity index (χ4v) is 3.66. The number of imidazole rings is 1. The summed E-state index contributed by atoms with van der Waals surface area (Å²) < 4.78 is 13.7. The van der Waals surface area contributed by atoms with Gasteiger partial charge in [0.05, 0.1) is 20.0 Å². The van der Waals surface area contributed by atoms with Gasteiger partial charge in [0.15, 0.2) is 17.3 Å². The monoisotopic (exact) mass is 381 g/mol. The molecule has 1 unspecified atom stereocenters. The number of para-hydroxylation sites is 1. The number of aromatic amines is 1. The Morgan fingerprint density at radius 1 is 1.36 bits per heavy atom. The van der Waals surface area contributed by atoms with Crippen molar-refractivity contribution in [2.75, 3.05) is 19.0 Å². The van der Waals surface area contributed by atoms with Gasteiger partial charge in [-0.2, -0.15) is 5.10 Å². The minimum absolute atomic E-state index is 0.0575. The number of hydrogen-bond donors (Lipinski definition) is 2. The van der Waals surface area contributed by atoms with Crippen LogP contribution < -0.4 is 14.8 Å². The van der Waals surface area contributed by atoms with Crippen molar-refractivity contribution in [1.29, 1.82) is 0 Å². The molecule has 0 fully saturated rings. The maximum Gasteiger partial charge on any atom is 0.226 e. The molecule has 2 N–H and O–H groups in total. The first-order chi connectivity index (χ1) is 13.7. The highest BCUT2D eigenvalue weighted by Gasteiger charge is 2.33. The van der Waals surface area contributed by atoms with Crippen LogP contribution >= 0.6 is 0 Å². The van der Waals surface area contributed by atoms with Gasteiger partial charge in [-0.3, -0.25) is 9.89 Å². The Morgan fingerprint density at radius 2 is 2.25 bits per heavy atom. The molecule has 3 heterocycles. The van der Waals surface area contributed by atoms with Crippen LogP contribution in [0.15, 0.2) is 36.9 Å². The van der Waals surface area contributed by atoms with Gasteiger partial charge in [-0.1, -0.05) is 12.1 Å². The summed E-state index contributed by atoms with van der Waals surface area (Å²) >= 11 is 0. The molecule has 0 radical (unpaired) electrons. The van der Waals surface area contributed by atoms with E-state index in [9.17, 15) is 4.79 Å². The quantitative estimate of drug-likeness (QED) is 0.614. The fourth-order valence-electron chi connectivity index (χ4n) is 3.66. The van der Waals surface area contributed by atoms with Crippen molar-refractivity contribution in [1.82, 2.24) is 19.7 Å². The minimum Gasteiger partial charge on any atom is -0.493 e. The summed E-state index contributed by atoms with van der Waals surface area (Å²) in [5.41, 5.74) is 2.87. The van der Waals surface area contributed by atoms with Crippen LogP contribution in [0.4, 0.5) is 5.82 Å². The summed E-state index contributed by atoms with van der Waals surface area (Å²) in [7, 11) is 1.62. The van der Waals surface area contributed by atoms with Gasteiger partial charge in [-0.25, -0.2) is 4.98 Å². The Morgan fingerprint density at radius 3 is 3.04 bits per heavy atom. The first-order valence-corrected chi connectivity index (χ1v) is 9.27. The summed E-state index contributed by atoms with van der Waals surface area (Å²) in [4.78, 5) is 16.3. The molecule has 8 heteroatoms. The summed E-state index contributed by atoms with van der Waals surface area (Å²) in [6.07, 6.45) is 6.65. The second-order valence-corrected chi connectivity index (χ2v) is 6.80. The first-order valence-electron chi connectivity index (χ1n) is 9.27. The summed E-state index contributed by atoms with van der Waals surface area (Å²) in [5, 5.41) is 10.0. The Hall–Kier alpha value is -3.29. The number of aryl methyl sites for hydroxylation is 2. The molecule has 1 atom stereocenters. The number of fused-ring (bicyclic) bond motifs is 1. The Labute approximate surface area is 162 Å². The number of nitrogens with one attached hydrogen (secondary N) is 2. The van der Waals surface area contributed by atoms with Gasteiger partial charge in [0, 0.05) is 48.1 Å². The molecule has 0 bridgehead atoms. The summed E-state index contributed by atoms with van der Waals surface area (Å²) in [6, 6.07) is 5.79. The number of H-pyrrole nitrogens is 1. The third-order valence-electron chi connectivity index (χ3n) is 4.96. The molecular formula is C20H23N5O3. The topological polar surface area (TPSA) is 94.1 Å². The number of benzene rings is 1. The summed E-state index contributed by atoms with van der Waals surface area (Å²) in [5.74, 6) is 1.74. The number of amides is 1. The minimum atomic E-state index is -0.138. The third kappa shape index (κ3) is 3.45. The van der Waals surface area contributed by atoms with Gasteiger partial charge in [0.25, 0.3) is 0 Å². The predicted molar refractivity (Wildman–Crippen MR) is 104 cm³/mol. The fraction of sp³-hybridized carbons (Fsp3) is 0.350. The van der Waals surface area contributed by atoms with Gasteiger partial charge >= 0.3 is 0 Å². The Bertz CT molecular complexity index is 964. The molecule has 3 aromatic rings. The lowest BCUT2D eigenvalue weighted by molar-refractivity contribution is -0.116. The summed E-state index contributed by atoms with van der Waals surface area (Å²) in [6.45, 7) is 3.31. The normalized spacial score (nSPS) is 15.8. The molecule has 2 aromatic heterocycles. The molecule has 1 amide bonds. The molecule has 4 rings (SSSR count). The van der Waals surface area contributed by atoms with Gasteiger partial charge in [0.1, 0.15) is 0 Å². The predicted octanol–water partition coefficient (Wildman–Crippen LogP) is 2.87. The largest absolute Gasteiger partial charge is 0.493 e. The molecule has 0 aliphatic carbocycles. The maximum absolute atomic E-state index is 12.2. The number of carbonyl (C=O) groups is 1. The highest BCUT2D eigenvalue weighted by atomic mass is 16.5. The molecule has 1 aliphatic rings. The average molecular weight is 381 g/mol. The standard InChI is InChI=1S/C20H23N5O3/c1-13-18-15(11-17(26)22-20(18)24-23-13)14-5-3-6-16(27-2)19(14)28-10-4-8-25-9-7-21-12-25/h3,5-7,9,12,15H,4,8,10-11H2,1-2H3,(H2,22,23,24,26). The van der Waals surface area contributed by atoms with Crippen LogP contribution in [0.2, 0.25) is 0 Å². The molecule has 28 heavy (non-hydrogen) atoms. The second kappa shape index (κ2) is 7.75. The van der Waals surface area contributed by atoms with E-state index in [1.54, 1.807) is 19.6 Å². The van der Waals surface area contributed by atoms with Crippen LogP contribution in [0.1, 0.15) is 35.6 Å². The number of hydrogen-bond acceptors (Lipinski definition) is 5. The first kappa shape index (κ1) is 18.1. The van der Waals surface area contributed by atoms with Crippen molar-refractivity contribution in [3.8, 4) is 11.5 Å². The molecular weight excluding hydrogens is 358 g/mol. The van der Waals surface area contributed by atoms with Crippen LogP contribution in [0, 0.1) is 6.92 Å². The molecule has 1 aliphatic heterocycles. The van der Waals surface area contributed by atoms with Crippen molar-refractivity contribution in [2.45, 2.75) is 32.2 Å². The number of anilines is 1. The van der Waals surface area contributed by atoms with Gasteiger partial charge in [-0.05, 0) is 19.4 Å². The molecule has 0 saturated heterocycles. The van der Waals surface area contributed by atoms with Crippen LogP contribution in [0.25, 0.3) is 0 Å². The van der Waals surface area contributed by atoms with E-state index in [2.05, 4.69) is 20.5 Å². The van der Waals surface area contributed by atoms with Gasteiger partial charge < -0.3 is 19.4 Å². The number of rotatable bonds is 7. The van der Waals surface area contributed by atoms with E-state index in [-0.39, 0.29) is 11.8 Å². The van der Waals surface area contributed by atoms with Gasteiger partial charge in [0.2, 0.25) is 5.91 Å². The number of ether oxygens (including phenoxy) is 2. The van der Waals surface area contributed by atoms with Gasteiger partial charge in [-0.15, -0.1) is 0 Å². The molecule has 1 aromatic carbocycles. The zero-order valence-corrected chi connectivity index (χ0v) is 15.9. The average Bonchev–Trinajstić information content (AvgIpc) is 3.34. The van der Waals surface area contributed by atoms with Crippen LogP contribution in [-0.4, -0.2) is 39.4 Å². The number of nitrogens with zero attached hydrogens (tertiary/aromatic N) is 3. The zero-order valence-electron chi connectivity index (χ0n) is 15.9. The smallest absolute Gasteiger partial charge is 0.226 e. The van der Waals surface area contributed by atoms with Crippen molar-refractivity contribution < 1.29 is 14.3 Å². The Balaban J connectivity index is 1.60. The van der Waals surface area contributed by atoms with E-state index >= 15 is 0 Å². The lowest BCUT2D eigenvalue weighted by Crippen LogP contribution is -2.24. The lowest BCUT2D eigenvalue weighted by Gasteiger charge is -2.25. The van der Waals surface area contributed by atoms with E-state index in [4.69, 9.17) is 9.47 Å². The number of methoxy groups -OCH3 is 1. The number of carbonyl (C=O) groups excluding carboxylic acids is 1. The van der Waals surface area contributed by atoms with E-state index in [0.717, 1.165) is 29.8 Å². The maximum atomic E-state index is 12.2. The Kier molecular flexibility index (Phi) is 5.01. The van der Waals surface area contributed by atoms with Crippen molar-refractivity contribution >= 4 is 11.7 Å². The highest BCUT2D eigenvalue weighted by molar-refractivity contribution is 5.94. The van der Waals surface area contributed by atoms with Crippen LogP contribution in [0.3, 0.4) is 0 Å². The van der Waals surface area contributed by atoms with Crippen molar-refractivity contribution in [3.63, 3.8) is 0 Å². The van der Waals surface area contributed by atoms with E-state index < -0.39 is 0 Å². The highest BCUT2D eigenvalue weighted by Crippen LogP contribution is 2.44. The van der Waals surface area contributed by atoms with Crippen molar-refractivity contribution in [3.05, 3.63) is 53.7 Å². The molecule has 146 valence electrons. The van der Waals surface area contributed by atoms with Crippen molar-refractivity contribution in [2.24, 2.45) is 0 Å². The molecule has 0 spiro atoms. The van der Waals surface area contributed by atoms with E-state index in [1.807, 2.05) is 35.9 Å². The lowest BCUT2D eigenvalue weighted by atomic mass is 9.85. The van der Waals surface area contributed by atoms with E-state index in [1.165, 1.54) is 0 Å². The second-order valence-electron chi connectivity index (χ2n) is 6.80. The number of aromatic nitrogens is 4. The van der Waals surface area contributed by atoms with Crippen LogP contribution in [-0.2, 0) is 11.3 Å². The molecule has 8 nitrogen and oxygen atoms in total.